The van der Waals surface area contributed by atoms with E-state index in [4.69, 9.17) is 9.47 Å². The summed E-state index contributed by atoms with van der Waals surface area (Å²) in [5, 5.41) is 6.39. The number of nitrogens with zero attached hydrogens (tertiary/aromatic N) is 3. The van der Waals surface area contributed by atoms with Crippen molar-refractivity contribution in [2.45, 2.75) is 30.3 Å². The van der Waals surface area contributed by atoms with E-state index in [2.05, 4.69) is 21.9 Å². The van der Waals surface area contributed by atoms with Gasteiger partial charge in [0.25, 0.3) is 11.8 Å². The van der Waals surface area contributed by atoms with Gasteiger partial charge in [-0.05, 0) is 42.7 Å². The lowest BCUT2D eigenvalue weighted by Gasteiger charge is -2.31. The first-order valence-electron chi connectivity index (χ1n) is 12.0. The molecule has 0 saturated carbocycles. The van der Waals surface area contributed by atoms with E-state index in [0.717, 1.165) is 28.4 Å². The number of ether oxygens (including phenoxy) is 2. The number of carbonyl (C=O) groups is 2. The van der Waals surface area contributed by atoms with Crippen LogP contribution in [0.25, 0.3) is 0 Å². The Kier molecular flexibility index (Phi) is 9.19. The summed E-state index contributed by atoms with van der Waals surface area (Å²) in [4.78, 5) is 36.7. The summed E-state index contributed by atoms with van der Waals surface area (Å²) in [5.74, 6) is 1.98. The van der Waals surface area contributed by atoms with Gasteiger partial charge in [0.05, 0.1) is 24.8 Å². The average Bonchev–Trinajstić information content (AvgIpc) is 3.45. The lowest BCUT2D eigenvalue weighted by atomic mass is 9.97. The lowest BCUT2D eigenvalue weighted by molar-refractivity contribution is 0.0708. The predicted molar refractivity (Wildman–Crippen MR) is 146 cm³/mol. The molecule has 10 heteroatoms. The maximum Gasteiger partial charge on any atom is 0.271 e. The van der Waals surface area contributed by atoms with E-state index in [1.807, 2.05) is 29.2 Å². The van der Waals surface area contributed by atoms with Gasteiger partial charge in [-0.2, -0.15) is 0 Å². The van der Waals surface area contributed by atoms with Gasteiger partial charge in [-0.1, -0.05) is 12.1 Å². The number of thiazole rings is 1. The molecule has 8 nitrogen and oxygen atoms in total. The highest BCUT2D eigenvalue weighted by Gasteiger charge is 2.28. The second kappa shape index (κ2) is 12.7. The van der Waals surface area contributed by atoms with Crippen LogP contribution in [-0.2, 0) is 6.54 Å². The number of nitrogens with one attached hydrogen (secondary N) is 1. The molecule has 194 valence electrons. The molecule has 0 radical (unpaired) electrons. The Morgan fingerprint density at radius 2 is 2.00 bits per heavy atom. The van der Waals surface area contributed by atoms with Crippen LogP contribution in [0.2, 0.25) is 0 Å². The fraction of sp³-hybridized carbons (Fsp3) is 0.333. The Morgan fingerprint density at radius 1 is 1.22 bits per heavy atom. The number of carbonyl (C=O) groups excluding carboxylic acids is 2. The zero-order chi connectivity index (χ0) is 26.2. The third-order valence-corrected chi connectivity index (χ3v) is 8.13. The molecular weight excluding hydrogens is 508 g/mol. The highest BCUT2D eigenvalue weighted by molar-refractivity contribution is 7.99. The highest BCUT2D eigenvalue weighted by Crippen LogP contribution is 2.32. The number of methoxy groups -OCH3 is 2. The molecule has 4 rings (SSSR count). The number of piperidine rings is 1. The molecule has 0 atom stereocenters. The molecule has 1 aliphatic rings. The zero-order valence-corrected chi connectivity index (χ0v) is 22.6. The number of likely N-dealkylation sites (tertiary alicyclic amines) is 1. The Bertz CT molecular complexity index is 1250. The van der Waals surface area contributed by atoms with Crippen LogP contribution in [-0.4, -0.2) is 59.7 Å². The predicted octanol–water partition coefficient (Wildman–Crippen LogP) is 4.78. The first kappa shape index (κ1) is 26.7. The Hall–Kier alpha value is -3.37. The van der Waals surface area contributed by atoms with Crippen LogP contribution < -0.4 is 14.8 Å². The van der Waals surface area contributed by atoms with Crippen molar-refractivity contribution >= 4 is 34.9 Å². The Balaban J connectivity index is 1.32. The normalized spacial score (nSPS) is 13.7. The minimum atomic E-state index is -0.217. The Labute approximate surface area is 225 Å². The van der Waals surface area contributed by atoms with Crippen molar-refractivity contribution < 1.29 is 19.1 Å². The van der Waals surface area contributed by atoms with Gasteiger partial charge in [-0.25, -0.2) is 9.97 Å². The summed E-state index contributed by atoms with van der Waals surface area (Å²) in [6, 6.07) is 9.17. The molecule has 2 aromatic heterocycles. The highest BCUT2D eigenvalue weighted by atomic mass is 32.2. The number of pyridine rings is 1. The number of hydrogen-bond acceptors (Lipinski definition) is 8. The van der Waals surface area contributed by atoms with Gasteiger partial charge >= 0.3 is 0 Å². The molecule has 2 amide bonds. The van der Waals surface area contributed by atoms with E-state index in [1.54, 1.807) is 37.9 Å². The third-order valence-electron chi connectivity index (χ3n) is 6.13. The van der Waals surface area contributed by atoms with Gasteiger partial charge in [0.1, 0.15) is 10.7 Å². The van der Waals surface area contributed by atoms with E-state index < -0.39 is 0 Å². The van der Waals surface area contributed by atoms with Crippen LogP contribution >= 0.6 is 23.1 Å². The molecule has 0 spiro atoms. The average molecular weight is 539 g/mol. The second-order valence-corrected chi connectivity index (χ2v) is 10.4. The third kappa shape index (κ3) is 6.50. The van der Waals surface area contributed by atoms with Crippen LogP contribution in [0.1, 0.15) is 50.2 Å². The van der Waals surface area contributed by atoms with Gasteiger partial charge in [-0.15, -0.1) is 29.7 Å². The number of hydrogen-bond donors (Lipinski definition) is 1. The van der Waals surface area contributed by atoms with E-state index in [9.17, 15) is 9.59 Å². The van der Waals surface area contributed by atoms with Gasteiger partial charge in [0.15, 0.2) is 11.5 Å². The summed E-state index contributed by atoms with van der Waals surface area (Å²) in [6.07, 6.45) is 5.12. The smallest absolute Gasteiger partial charge is 0.271 e. The second-order valence-electron chi connectivity index (χ2n) is 8.47. The quantitative estimate of drug-likeness (QED) is 0.293. The molecule has 1 aromatic carbocycles. The van der Waals surface area contributed by atoms with Crippen molar-refractivity contribution in [3.8, 4) is 11.5 Å². The number of thioether (sulfide) groups is 1. The first-order valence-corrected chi connectivity index (χ1v) is 13.8. The lowest BCUT2D eigenvalue weighted by Crippen LogP contribution is -2.38. The molecule has 3 heterocycles. The van der Waals surface area contributed by atoms with Crippen molar-refractivity contribution in [1.82, 2.24) is 20.2 Å². The summed E-state index contributed by atoms with van der Waals surface area (Å²) in [6.45, 7) is 5.38. The minimum absolute atomic E-state index is 0.00693. The zero-order valence-electron chi connectivity index (χ0n) is 20.9. The van der Waals surface area contributed by atoms with Gasteiger partial charge in [0.2, 0.25) is 0 Å². The number of aromatic nitrogens is 2. The molecule has 0 bridgehead atoms. The fourth-order valence-corrected chi connectivity index (χ4v) is 5.84. The molecular formula is C27H30N4O4S2. The molecule has 0 aliphatic carbocycles. The molecule has 1 aliphatic heterocycles. The largest absolute Gasteiger partial charge is 0.493 e. The number of benzene rings is 1. The molecule has 1 saturated heterocycles. The van der Waals surface area contributed by atoms with Crippen LogP contribution in [0.4, 0.5) is 0 Å². The Morgan fingerprint density at radius 3 is 2.73 bits per heavy atom. The van der Waals surface area contributed by atoms with E-state index in [-0.39, 0.29) is 17.7 Å². The van der Waals surface area contributed by atoms with Crippen molar-refractivity contribution in [2.75, 3.05) is 33.1 Å². The summed E-state index contributed by atoms with van der Waals surface area (Å²) in [7, 11) is 3.17. The number of amides is 2. The first-order chi connectivity index (χ1) is 18.0. The SMILES string of the molecule is C=CCSc1ncccc1C(=O)N1CCC(c2nc(C(=O)NCc3ccc(OC)c(OC)c3)cs2)CC1. The maximum absolute atomic E-state index is 13.2. The maximum atomic E-state index is 13.2. The molecule has 3 aromatic rings. The van der Waals surface area contributed by atoms with Gasteiger partial charge in [0, 0.05) is 42.9 Å². The standard InChI is InChI=1S/C27H30N4O4S2/c1-4-14-36-26-20(6-5-11-28-26)27(33)31-12-9-19(10-13-31)25-30-21(17-37-25)24(32)29-16-18-7-8-22(34-2)23(15-18)35-3/h4-8,11,15,17,19H,1,9-10,12-14,16H2,2-3H3,(H,29,32). The molecule has 37 heavy (non-hydrogen) atoms. The van der Waals surface area contributed by atoms with Crippen molar-refractivity contribution in [3.63, 3.8) is 0 Å². The van der Waals surface area contributed by atoms with Crippen molar-refractivity contribution in [1.29, 1.82) is 0 Å². The van der Waals surface area contributed by atoms with Gasteiger partial charge < -0.3 is 19.7 Å². The van der Waals surface area contributed by atoms with E-state index >= 15 is 0 Å². The minimum Gasteiger partial charge on any atom is -0.493 e. The topological polar surface area (TPSA) is 93.7 Å². The summed E-state index contributed by atoms with van der Waals surface area (Å²) >= 11 is 3.01. The monoisotopic (exact) mass is 538 g/mol. The molecule has 1 N–H and O–H groups in total. The summed E-state index contributed by atoms with van der Waals surface area (Å²) < 4.78 is 10.6. The number of rotatable bonds is 10. The summed E-state index contributed by atoms with van der Waals surface area (Å²) in [5.41, 5.74) is 1.95. The molecule has 1 fully saturated rings. The van der Waals surface area contributed by atoms with E-state index in [0.29, 0.717) is 48.1 Å². The van der Waals surface area contributed by atoms with Gasteiger partial charge in [-0.3, -0.25) is 9.59 Å². The van der Waals surface area contributed by atoms with Crippen LogP contribution in [0.3, 0.4) is 0 Å². The van der Waals surface area contributed by atoms with Crippen molar-refractivity contribution in [3.05, 3.63) is 76.4 Å². The van der Waals surface area contributed by atoms with Crippen LogP contribution in [0.15, 0.2) is 59.6 Å². The molecule has 0 unspecified atom stereocenters. The van der Waals surface area contributed by atoms with Crippen LogP contribution in [0.5, 0.6) is 11.5 Å². The van der Waals surface area contributed by atoms with Crippen LogP contribution in [0, 0.1) is 0 Å². The fourth-order valence-electron chi connectivity index (χ4n) is 4.15. The van der Waals surface area contributed by atoms with Crippen molar-refractivity contribution in [2.24, 2.45) is 0 Å². The van der Waals surface area contributed by atoms with E-state index in [1.165, 1.54) is 23.1 Å².